The monoisotopic (exact) mass is 195 g/mol. The van der Waals surface area contributed by atoms with Gasteiger partial charge >= 0.3 is 5.97 Å². The lowest BCUT2D eigenvalue weighted by Gasteiger charge is -1.90. The zero-order chi connectivity index (χ0) is 8.85. The Balaban J connectivity index is 3.74. The van der Waals surface area contributed by atoms with Crippen molar-refractivity contribution in [2.24, 2.45) is 5.73 Å². The van der Waals surface area contributed by atoms with Crippen LogP contribution in [0.5, 0.6) is 0 Å². The van der Waals surface area contributed by atoms with Crippen LogP contribution in [0.25, 0.3) is 0 Å². The van der Waals surface area contributed by atoms with Gasteiger partial charge in [-0.2, -0.15) is 0 Å². The summed E-state index contributed by atoms with van der Waals surface area (Å²) < 4.78 is 0. The van der Waals surface area contributed by atoms with E-state index in [1.165, 1.54) is 5.41 Å². The lowest BCUT2D eigenvalue weighted by Crippen LogP contribution is -2.09. The number of carbonyl (C=O) groups is 2. The van der Waals surface area contributed by atoms with Crippen LogP contribution in [0.15, 0.2) is 10.4 Å². The van der Waals surface area contributed by atoms with Crippen molar-refractivity contribution in [3.05, 3.63) is 10.4 Å². The predicted molar refractivity (Wildman–Crippen MR) is 43.2 cm³/mol. The number of thioether (sulfide) groups is 1. The summed E-state index contributed by atoms with van der Waals surface area (Å²) in [6, 6.07) is 0. The highest BCUT2D eigenvalue weighted by Crippen LogP contribution is 2.09. The number of carboxylic acid groups (broad SMARTS) is 1. The molecule has 0 heterocycles. The minimum atomic E-state index is -0.972. The number of primary amides is 1. The number of nitrogens with two attached hydrogens (primary N) is 1. The van der Waals surface area contributed by atoms with E-state index in [-0.39, 0.29) is 10.8 Å². The van der Waals surface area contributed by atoms with Crippen molar-refractivity contribution in [1.29, 1.82) is 0 Å². The third-order valence-electron chi connectivity index (χ3n) is 0.629. The normalized spacial score (nSPS) is 11.2. The van der Waals surface area contributed by atoms with Gasteiger partial charge in [-0.15, -0.1) is 11.8 Å². The number of rotatable bonds is 4. The highest BCUT2D eigenvalue weighted by Gasteiger charge is 2.00. The maximum atomic E-state index is 10.2. The second-order valence-electron chi connectivity index (χ2n) is 1.53. The third-order valence-corrected chi connectivity index (χ3v) is 1.87. The van der Waals surface area contributed by atoms with Crippen LogP contribution in [-0.2, 0) is 9.59 Å². The van der Waals surface area contributed by atoms with Crippen LogP contribution in [-0.4, -0.2) is 22.7 Å². The molecule has 62 valence electrons. The summed E-state index contributed by atoms with van der Waals surface area (Å²) >= 11 is 6.18. The number of aliphatic carboxylic acids is 1. The molecule has 0 unspecified atom stereocenters. The van der Waals surface area contributed by atoms with Gasteiger partial charge in [0.15, 0.2) is 0 Å². The van der Waals surface area contributed by atoms with Gasteiger partial charge in [-0.3, -0.25) is 9.59 Å². The molecule has 0 saturated carbocycles. The van der Waals surface area contributed by atoms with Crippen LogP contribution < -0.4 is 5.73 Å². The van der Waals surface area contributed by atoms with Gasteiger partial charge in [-0.25, -0.2) is 0 Å². The molecule has 0 fully saturated rings. The molecular formula is C5H6ClNO3S. The van der Waals surface area contributed by atoms with E-state index >= 15 is 0 Å². The lowest BCUT2D eigenvalue weighted by atomic mass is 10.6. The smallest absolute Gasteiger partial charge is 0.313 e. The molecule has 6 heteroatoms. The zero-order valence-corrected chi connectivity index (χ0v) is 6.98. The fourth-order valence-electron chi connectivity index (χ4n) is 0.244. The molecule has 0 aromatic rings. The average Bonchev–Trinajstić information content (AvgIpc) is 1.86. The third kappa shape index (κ3) is 5.75. The first-order valence-corrected chi connectivity index (χ1v) is 3.95. The zero-order valence-electron chi connectivity index (χ0n) is 5.41. The van der Waals surface area contributed by atoms with Gasteiger partial charge in [0, 0.05) is 0 Å². The predicted octanol–water partition coefficient (Wildman–Crippen LogP) is 0.370. The lowest BCUT2D eigenvalue weighted by molar-refractivity contribution is -0.133. The molecule has 0 aliphatic rings. The van der Waals surface area contributed by atoms with E-state index in [1.807, 2.05) is 0 Å². The summed E-state index contributed by atoms with van der Waals surface area (Å²) in [6.07, 6.45) is 0. The largest absolute Gasteiger partial charge is 0.481 e. The Kier molecular flexibility index (Phi) is 4.72. The summed E-state index contributed by atoms with van der Waals surface area (Å²) in [7, 11) is 0. The van der Waals surface area contributed by atoms with Gasteiger partial charge < -0.3 is 10.8 Å². The van der Waals surface area contributed by atoms with E-state index < -0.39 is 11.9 Å². The van der Waals surface area contributed by atoms with Crippen LogP contribution in [0.3, 0.4) is 0 Å². The van der Waals surface area contributed by atoms with Gasteiger partial charge in [-0.05, 0) is 5.41 Å². The van der Waals surface area contributed by atoms with Crippen LogP contribution >= 0.6 is 23.4 Å². The molecule has 11 heavy (non-hydrogen) atoms. The standard InChI is InChI=1S/C5H6ClNO3S/c6-3(5(7)10)1-11-2-4(8)9/h1H,2H2,(H2,7,10)(H,8,9)/b3-1-. The molecule has 0 spiro atoms. The Morgan fingerprint density at radius 2 is 2.18 bits per heavy atom. The molecule has 0 bridgehead atoms. The molecule has 0 aliphatic heterocycles. The molecule has 0 aromatic carbocycles. The quantitative estimate of drug-likeness (QED) is 0.636. The van der Waals surface area contributed by atoms with Crippen LogP contribution in [0, 0.1) is 0 Å². The highest BCUT2D eigenvalue weighted by atomic mass is 35.5. The topological polar surface area (TPSA) is 80.4 Å². The SMILES string of the molecule is NC(=O)/C(Cl)=C/SCC(=O)O. The fraction of sp³-hybridized carbons (Fsp3) is 0.200. The number of carboxylic acids is 1. The van der Waals surface area contributed by atoms with Gasteiger partial charge in [-0.1, -0.05) is 11.6 Å². The van der Waals surface area contributed by atoms with Crippen molar-refractivity contribution in [1.82, 2.24) is 0 Å². The first-order chi connectivity index (χ1) is 5.04. The Hall–Kier alpha value is -0.680. The second-order valence-corrected chi connectivity index (χ2v) is 2.80. The maximum absolute atomic E-state index is 10.2. The molecule has 3 N–H and O–H groups in total. The average molecular weight is 196 g/mol. The molecule has 0 rings (SSSR count). The Bertz CT molecular complexity index is 204. The molecule has 1 amide bonds. The number of carbonyl (C=O) groups excluding carboxylic acids is 1. The van der Waals surface area contributed by atoms with E-state index in [1.54, 1.807) is 0 Å². The first-order valence-electron chi connectivity index (χ1n) is 2.53. The van der Waals surface area contributed by atoms with Gasteiger partial charge in [0.2, 0.25) is 0 Å². The molecule has 0 aromatic heterocycles. The highest BCUT2D eigenvalue weighted by molar-refractivity contribution is 8.02. The Labute approximate surface area is 72.4 Å². The minimum absolute atomic E-state index is 0.135. The summed E-state index contributed by atoms with van der Waals surface area (Å²) in [5, 5.41) is 9.21. The van der Waals surface area contributed by atoms with Crippen LogP contribution in [0.4, 0.5) is 0 Å². The molecule has 4 nitrogen and oxygen atoms in total. The second kappa shape index (κ2) is 5.03. The van der Waals surface area contributed by atoms with Crippen LogP contribution in [0.1, 0.15) is 0 Å². The maximum Gasteiger partial charge on any atom is 0.313 e. The van der Waals surface area contributed by atoms with Crippen molar-refractivity contribution in [2.75, 3.05) is 5.75 Å². The molecule has 0 saturated heterocycles. The number of hydrogen-bond acceptors (Lipinski definition) is 3. The van der Waals surface area contributed by atoms with Gasteiger partial charge in [0.1, 0.15) is 5.03 Å². The van der Waals surface area contributed by atoms with E-state index in [9.17, 15) is 9.59 Å². The van der Waals surface area contributed by atoms with Gasteiger partial charge in [0.25, 0.3) is 5.91 Å². The van der Waals surface area contributed by atoms with E-state index in [0.717, 1.165) is 11.8 Å². The fourth-order valence-corrected chi connectivity index (χ4v) is 0.922. The van der Waals surface area contributed by atoms with E-state index in [0.29, 0.717) is 0 Å². The van der Waals surface area contributed by atoms with Crippen molar-refractivity contribution >= 4 is 35.2 Å². The molecule has 0 aliphatic carbocycles. The minimum Gasteiger partial charge on any atom is -0.481 e. The van der Waals surface area contributed by atoms with Gasteiger partial charge in [0.05, 0.1) is 5.75 Å². The van der Waals surface area contributed by atoms with Crippen molar-refractivity contribution in [2.45, 2.75) is 0 Å². The van der Waals surface area contributed by atoms with Crippen molar-refractivity contribution < 1.29 is 14.7 Å². The van der Waals surface area contributed by atoms with Crippen molar-refractivity contribution in [3.8, 4) is 0 Å². The number of halogens is 1. The van der Waals surface area contributed by atoms with Crippen LogP contribution in [0.2, 0.25) is 0 Å². The molecule has 0 radical (unpaired) electrons. The summed E-state index contributed by atoms with van der Waals surface area (Å²) in [5.74, 6) is -1.87. The summed E-state index contributed by atoms with van der Waals surface area (Å²) in [5.41, 5.74) is 4.75. The van der Waals surface area contributed by atoms with Crippen molar-refractivity contribution in [3.63, 3.8) is 0 Å². The Morgan fingerprint density at radius 3 is 2.55 bits per heavy atom. The summed E-state index contributed by atoms with van der Waals surface area (Å²) in [6.45, 7) is 0. The number of amides is 1. The summed E-state index contributed by atoms with van der Waals surface area (Å²) in [4.78, 5) is 20.2. The molecule has 0 atom stereocenters. The van der Waals surface area contributed by atoms with E-state index in [4.69, 9.17) is 22.4 Å². The number of hydrogen-bond donors (Lipinski definition) is 2. The van der Waals surface area contributed by atoms with E-state index in [2.05, 4.69) is 0 Å². The first kappa shape index (κ1) is 10.3. The molecular weight excluding hydrogens is 190 g/mol. The Morgan fingerprint density at radius 1 is 1.64 bits per heavy atom.